The number of anilines is 1. The molecule has 5 heteroatoms. The van der Waals surface area contributed by atoms with Gasteiger partial charge in [-0.2, -0.15) is 0 Å². The van der Waals surface area contributed by atoms with Crippen molar-refractivity contribution in [2.75, 3.05) is 18.0 Å². The van der Waals surface area contributed by atoms with E-state index in [9.17, 15) is 9.59 Å². The summed E-state index contributed by atoms with van der Waals surface area (Å²) >= 11 is 0. The molecule has 1 atom stereocenters. The van der Waals surface area contributed by atoms with E-state index in [0.717, 1.165) is 19.4 Å². The second-order valence-electron chi connectivity index (χ2n) is 6.13. The first-order valence-electron chi connectivity index (χ1n) is 7.23. The van der Waals surface area contributed by atoms with Gasteiger partial charge < -0.3 is 10.4 Å². The highest BCUT2D eigenvalue weighted by atomic mass is 16.4. The maximum Gasteiger partial charge on any atom is 0.323 e. The Morgan fingerprint density at radius 3 is 2.57 bits per heavy atom. The summed E-state index contributed by atoms with van der Waals surface area (Å²) in [5, 5.41) is 12.4. The number of aliphatic carboxylic acids is 1. The van der Waals surface area contributed by atoms with Gasteiger partial charge in [0.25, 0.3) is 0 Å². The first-order chi connectivity index (χ1) is 9.92. The van der Waals surface area contributed by atoms with Crippen LogP contribution in [-0.4, -0.2) is 36.1 Å². The summed E-state index contributed by atoms with van der Waals surface area (Å²) in [6.07, 6.45) is 1.98. The Labute approximate surface area is 125 Å². The molecule has 2 N–H and O–H groups in total. The van der Waals surface area contributed by atoms with Gasteiger partial charge in [-0.25, -0.2) is 0 Å². The topological polar surface area (TPSA) is 69.6 Å². The second kappa shape index (κ2) is 6.26. The number of piperidine rings is 1. The molecular weight excluding hydrogens is 268 g/mol. The zero-order valence-electron chi connectivity index (χ0n) is 12.5. The second-order valence-corrected chi connectivity index (χ2v) is 6.13. The van der Waals surface area contributed by atoms with Crippen LogP contribution in [0.2, 0.25) is 0 Å². The lowest BCUT2D eigenvalue weighted by Crippen LogP contribution is -2.57. The zero-order valence-corrected chi connectivity index (χ0v) is 12.5. The summed E-state index contributed by atoms with van der Waals surface area (Å²) in [6, 6.07) is 8.61. The number of hydrogen-bond donors (Lipinski definition) is 2. The average Bonchev–Trinajstić information content (AvgIpc) is 2.44. The molecule has 114 valence electrons. The Hall–Kier alpha value is -1.88. The normalized spacial score (nSPS) is 20.8. The Balaban J connectivity index is 2.28. The van der Waals surface area contributed by atoms with Crippen LogP contribution in [0.25, 0.3) is 0 Å². The predicted octanol–water partition coefficient (Wildman–Crippen LogP) is 1.88. The van der Waals surface area contributed by atoms with Gasteiger partial charge in [0, 0.05) is 5.69 Å². The van der Waals surface area contributed by atoms with Gasteiger partial charge in [0.1, 0.15) is 6.54 Å². The molecule has 1 saturated heterocycles. The van der Waals surface area contributed by atoms with E-state index >= 15 is 0 Å². The van der Waals surface area contributed by atoms with Crippen LogP contribution in [0.3, 0.4) is 0 Å². The van der Waals surface area contributed by atoms with Crippen molar-refractivity contribution in [1.29, 1.82) is 0 Å². The molecule has 1 unspecified atom stereocenters. The number of para-hydroxylation sites is 1. The third-order valence-electron chi connectivity index (χ3n) is 4.00. The van der Waals surface area contributed by atoms with Gasteiger partial charge >= 0.3 is 5.97 Å². The Kier molecular flexibility index (Phi) is 4.63. The van der Waals surface area contributed by atoms with Crippen LogP contribution < -0.4 is 10.2 Å². The summed E-state index contributed by atoms with van der Waals surface area (Å²) in [5.41, 5.74) is 0.439. The van der Waals surface area contributed by atoms with E-state index < -0.39 is 5.97 Å². The van der Waals surface area contributed by atoms with Crippen LogP contribution in [0.1, 0.15) is 26.7 Å². The number of benzene rings is 1. The molecule has 0 bridgehead atoms. The highest BCUT2D eigenvalue weighted by molar-refractivity contribution is 6.01. The largest absolute Gasteiger partial charge is 0.480 e. The molecule has 21 heavy (non-hydrogen) atoms. The fraction of sp³-hybridized carbons (Fsp3) is 0.500. The van der Waals surface area contributed by atoms with Crippen molar-refractivity contribution in [1.82, 2.24) is 5.32 Å². The van der Waals surface area contributed by atoms with Crippen molar-refractivity contribution >= 4 is 17.6 Å². The van der Waals surface area contributed by atoms with Crippen LogP contribution in [0.15, 0.2) is 30.3 Å². The van der Waals surface area contributed by atoms with Crippen molar-refractivity contribution < 1.29 is 14.7 Å². The fourth-order valence-electron chi connectivity index (χ4n) is 2.83. The van der Waals surface area contributed by atoms with Gasteiger partial charge in [0.15, 0.2) is 0 Å². The number of hydrogen-bond acceptors (Lipinski definition) is 3. The molecular formula is C16H22N2O3. The minimum Gasteiger partial charge on any atom is -0.480 e. The van der Waals surface area contributed by atoms with Crippen molar-refractivity contribution in [3.8, 4) is 0 Å². The van der Waals surface area contributed by atoms with E-state index in [0.29, 0.717) is 5.69 Å². The van der Waals surface area contributed by atoms with Gasteiger partial charge in [0.2, 0.25) is 5.91 Å². The minimum absolute atomic E-state index is 0.173. The first kappa shape index (κ1) is 15.5. The Morgan fingerprint density at radius 1 is 1.33 bits per heavy atom. The van der Waals surface area contributed by atoms with Crippen LogP contribution in [0.5, 0.6) is 0 Å². The van der Waals surface area contributed by atoms with E-state index in [4.69, 9.17) is 5.11 Å². The molecule has 5 nitrogen and oxygen atoms in total. The highest BCUT2D eigenvalue weighted by Gasteiger charge is 2.39. The average molecular weight is 290 g/mol. The van der Waals surface area contributed by atoms with E-state index in [1.807, 2.05) is 19.9 Å². The molecule has 0 saturated carbocycles. The summed E-state index contributed by atoms with van der Waals surface area (Å²) in [7, 11) is 0. The monoisotopic (exact) mass is 290 g/mol. The number of carbonyl (C=O) groups is 2. The van der Waals surface area contributed by atoms with Crippen molar-refractivity contribution in [2.24, 2.45) is 5.41 Å². The lowest BCUT2D eigenvalue weighted by molar-refractivity contribution is -0.137. The summed E-state index contributed by atoms with van der Waals surface area (Å²) in [4.78, 5) is 25.3. The lowest BCUT2D eigenvalue weighted by Gasteiger charge is -2.40. The van der Waals surface area contributed by atoms with Crippen molar-refractivity contribution in [3.63, 3.8) is 0 Å². The minimum atomic E-state index is -1.01. The van der Waals surface area contributed by atoms with Gasteiger partial charge in [-0.1, -0.05) is 32.0 Å². The van der Waals surface area contributed by atoms with Crippen LogP contribution in [0.4, 0.5) is 5.69 Å². The number of carboxylic acid groups (broad SMARTS) is 1. The molecule has 0 aliphatic carbocycles. The SMILES string of the molecule is CC1(C)CCCNC1C(=O)N(CC(=O)O)c1ccccc1. The highest BCUT2D eigenvalue weighted by Crippen LogP contribution is 2.32. The van der Waals surface area contributed by atoms with Crippen LogP contribution >= 0.6 is 0 Å². The van der Waals surface area contributed by atoms with E-state index in [1.165, 1.54) is 4.90 Å². The maximum absolute atomic E-state index is 12.8. The molecule has 1 amide bonds. The van der Waals surface area contributed by atoms with Crippen LogP contribution in [-0.2, 0) is 9.59 Å². The van der Waals surface area contributed by atoms with E-state index in [2.05, 4.69) is 5.32 Å². The molecule has 1 aliphatic rings. The number of carbonyl (C=O) groups excluding carboxylic acids is 1. The number of carboxylic acids is 1. The molecule has 0 aromatic heterocycles. The molecule has 1 aromatic rings. The van der Waals surface area contributed by atoms with Gasteiger partial charge in [-0.15, -0.1) is 0 Å². The van der Waals surface area contributed by atoms with Crippen molar-refractivity contribution in [2.45, 2.75) is 32.7 Å². The maximum atomic E-state index is 12.8. The fourth-order valence-corrected chi connectivity index (χ4v) is 2.83. The number of amides is 1. The summed E-state index contributed by atoms with van der Waals surface area (Å²) in [6.45, 7) is 4.56. The van der Waals surface area contributed by atoms with Crippen LogP contribution in [0, 0.1) is 5.41 Å². The summed E-state index contributed by atoms with van der Waals surface area (Å²) < 4.78 is 0. The molecule has 0 spiro atoms. The van der Waals surface area contributed by atoms with Gasteiger partial charge in [-0.05, 0) is 36.9 Å². The lowest BCUT2D eigenvalue weighted by atomic mass is 9.77. The smallest absolute Gasteiger partial charge is 0.323 e. The van der Waals surface area contributed by atoms with Gasteiger partial charge in [0.05, 0.1) is 6.04 Å². The summed E-state index contributed by atoms with van der Waals surface area (Å²) in [5.74, 6) is -1.19. The third kappa shape index (κ3) is 3.61. The van der Waals surface area contributed by atoms with Gasteiger partial charge in [-0.3, -0.25) is 14.5 Å². The standard InChI is InChI=1S/C16H22N2O3/c1-16(2)9-6-10-17-14(16)15(21)18(11-13(19)20)12-7-4-3-5-8-12/h3-5,7-8,14,17H,6,9-11H2,1-2H3,(H,19,20). The van der Waals surface area contributed by atoms with E-state index in [-0.39, 0.29) is 23.9 Å². The quantitative estimate of drug-likeness (QED) is 0.888. The molecule has 1 heterocycles. The Morgan fingerprint density at radius 2 is 2.00 bits per heavy atom. The molecule has 1 aromatic carbocycles. The predicted molar refractivity (Wildman–Crippen MR) is 81.2 cm³/mol. The van der Waals surface area contributed by atoms with E-state index in [1.54, 1.807) is 24.3 Å². The first-order valence-corrected chi connectivity index (χ1v) is 7.23. The molecule has 1 fully saturated rings. The van der Waals surface area contributed by atoms with Crippen molar-refractivity contribution in [3.05, 3.63) is 30.3 Å². The molecule has 2 rings (SSSR count). The molecule has 0 radical (unpaired) electrons. The molecule has 1 aliphatic heterocycles. The number of rotatable bonds is 4. The Bertz CT molecular complexity index is 514. The zero-order chi connectivity index (χ0) is 15.5. The third-order valence-corrected chi connectivity index (χ3v) is 4.00. The number of nitrogens with one attached hydrogen (secondary N) is 1. The number of nitrogens with zero attached hydrogens (tertiary/aromatic N) is 1.